The fourth-order valence-electron chi connectivity index (χ4n) is 1.65. The van der Waals surface area contributed by atoms with Crippen molar-refractivity contribution in [1.29, 1.82) is 0 Å². The van der Waals surface area contributed by atoms with E-state index < -0.39 is 10.0 Å². The summed E-state index contributed by atoms with van der Waals surface area (Å²) in [4.78, 5) is 13.2. The zero-order valence-corrected chi connectivity index (χ0v) is 10.00. The van der Waals surface area contributed by atoms with E-state index in [0.717, 1.165) is 12.8 Å². The molecule has 1 atom stereocenters. The second kappa shape index (κ2) is 4.99. The molecule has 1 fully saturated rings. The highest BCUT2D eigenvalue weighted by atomic mass is 32.2. The summed E-state index contributed by atoms with van der Waals surface area (Å²) in [6.07, 6.45) is 2.96. The van der Waals surface area contributed by atoms with E-state index >= 15 is 0 Å². The number of nitrogens with one attached hydrogen (secondary N) is 2. The zero-order chi connectivity index (χ0) is 12.3. The Morgan fingerprint density at radius 1 is 1.47 bits per heavy atom. The Morgan fingerprint density at radius 2 is 2.29 bits per heavy atom. The van der Waals surface area contributed by atoms with Crippen molar-refractivity contribution in [2.45, 2.75) is 23.8 Å². The van der Waals surface area contributed by atoms with Crippen molar-refractivity contribution in [2.24, 2.45) is 0 Å². The highest BCUT2D eigenvalue weighted by molar-refractivity contribution is 7.89. The molecule has 1 aliphatic rings. The molecule has 0 bridgehead atoms. The van der Waals surface area contributed by atoms with Crippen molar-refractivity contribution in [3.8, 4) is 0 Å². The third kappa shape index (κ3) is 3.15. The van der Waals surface area contributed by atoms with Crippen LogP contribution in [0.5, 0.6) is 0 Å². The quantitative estimate of drug-likeness (QED) is 0.785. The maximum Gasteiger partial charge on any atom is 0.247 e. The molecule has 7 heteroatoms. The van der Waals surface area contributed by atoms with Crippen molar-refractivity contribution in [3.63, 3.8) is 0 Å². The monoisotopic (exact) mass is 258 g/mol. The normalized spacial score (nSPS) is 20.6. The van der Waals surface area contributed by atoms with Crippen LogP contribution in [0.1, 0.15) is 12.8 Å². The lowest BCUT2D eigenvalue weighted by Crippen LogP contribution is -2.32. The van der Waals surface area contributed by atoms with Crippen molar-refractivity contribution in [3.05, 3.63) is 28.7 Å². The Labute approximate surface area is 99.1 Å². The van der Waals surface area contributed by atoms with Gasteiger partial charge in [-0.2, -0.15) is 0 Å². The molecule has 94 valence electrons. The minimum atomic E-state index is -3.56. The molecule has 1 saturated heterocycles. The number of ether oxygens (including phenoxy) is 1. The van der Waals surface area contributed by atoms with Crippen molar-refractivity contribution < 1.29 is 13.2 Å². The maximum atomic E-state index is 11.8. The summed E-state index contributed by atoms with van der Waals surface area (Å²) in [6, 6.07) is 2.46. The van der Waals surface area contributed by atoms with Crippen LogP contribution in [-0.4, -0.2) is 32.7 Å². The van der Waals surface area contributed by atoms with Gasteiger partial charge in [-0.15, -0.1) is 0 Å². The predicted molar refractivity (Wildman–Crippen MR) is 61.2 cm³/mol. The standard InChI is InChI=1S/C10H14N2O4S/c13-10-4-3-9(7-11-10)17(14,15)12-6-8-2-1-5-16-8/h3-4,7-8,12H,1-2,5-6H2,(H,11,13). The Balaban J connectivity index is 2.02. The molecule has 0 aliphatic carbocycles. The fourth-order valence-corrected chi connectivity index (χ4v) is 2.69. The van der Waals surface area contributed by atoms with Crippen LogP contribution in [0, 0.1) is 0 Å². The van der Waals surface area contributed by atoms with Gasteiger partial charge in [0.15, 0.2) is 0 Å². The van der Waals surface area contributed by atoms with Crippen LogP contribution < -0.4 is 10.3 Å². The van der Waals surface area contributed by atoms with Crippen molar-refractivity contribution in [2.75, 3.05) is 13.2 Å². The van der Waals surface area contributed by atoms with E-state index in [4.69, 9.17) is 4.74 Å². The van der Waals surface area contributed by atoms with Crippen molar-refractivity contribution >= 4 is 10.0 Å². The van der Waals surface area contributed by atoms with E-state index in [-0.39, 0.29) is 23.1 Å². The summed E-state index contributed by atoms with van der Waals surface area (Å²) in [6.45, 7) is 0.951. The van der Waals surface area contributed by atoms with Gasteiger partial charge < -0.3 is 9.72 Å². The molecule has 0 radical (unpaired) electrons. The third-order valence-electron chi connectivity index (χ3n) is 2.59. The predicted octanol–water partition coefficient (Wildman–Crippen LogP) is -0.168. The smallest absolute Gasteiger partial charge is 0.247 e. The molecule has 1 aromatic rings. The fraction of sp³-hybridized carbons (Fsp3) is 0.500. The third-order valence-corrected chi connectivity index (χ3v) is 4.01. The molecule has 1 aromatic heterocycles. The second-order valence-corrected chi connectivity index (χ2v) is 5.64. The van der Waals surface area contributed by atoms with Crippen LogP contribution in [0.15, 0.2) is 28.0 Å². The minimum absolute atomic E-state index is 0.0486. The van der Waals surface area contributed by atoms with E-state index in [1.807, 2.05) is 0 Å². The average molecular weight is 258 g/mol. The highest BCUT2D eigenvalue weighted by Crippen LogP contribution is 2.12. The molecule has 2 rings (SSSR count). The Hall–Kier alpha value is -1.18. The lowest BCUT2D eigenvalue weighted by Gasteiger charge is -2.10. The second-order valence-electron chi connectivity index (χ2n) is 3.88. The molecule has 0 amide bonds. The van der Waals surface area contributed by atoms with Crippen LogP contribution in [-0.2, 0) is 14.8 Å². The van der Waals surface area contributed by atoms with Gasteiger partial charge in [0, 0.05) is 25.4 Å². The van der Waals surface area contributed by atoms with Gasteiger partial charge in [-0.3, -0.25) is 4.79 Å². The molecule has 6 nitrogen and oxygen atoms in total. The number of hydrogen-bond donors (Lipinski definition) is 2. The number of pyridine rings is 1. The van der Waals surface area contributed by atoms with Crippen molar-refractivity contribution in [1.82, 2.24) is 9.71 Å². The molecular formula is C10H14N2O4S. The van der Waals surface area contributed by atoms with Crippen LogP contribution >= 0.6 is 0 Å². The Kier molecular flexibility index (Phi) is 3.60. The lowest BCUT2D eigenvalue weighted by molar-refractivity contribution is 0.114. The van der Waals surface area contributed by atoms with Gasteiger partial charge in [-0.1, -0.05) is 0 Å². The van der Waals surface area contributed by atoms with Crippen LogP contribution in [0.4, 0.5) is 0 Å². The van der Waals surface area contributed by atoms with E-state index in [2.05, 4.69) is 9.71 Å². The molecule has 17 heavy (non-hydrogen) atoms. The summed E-state index contributed by atoms with van der Waals surface area (Å²) < 4.78 is 31.4. The Morgan fingerprint density at radius 3 is 2.88 bits per heavy atom. The van der Waals surface area contributed by atoms with Gasteiger partial charge in [0.05, 0.1) is 11.0 Å². The maximum absolute atomic E-state index is 11.8. The number of rotatable bonds is 4. The molecular weight excluding hydrogens is 244 g/mol. The number of H-pyrrole nitrogens is 1. The average Bonchev–Trinajstić information content (AvgIpc) is 2.80. The molecule has 2 heterocycles. The zero-order valence-electron chi connectivity index (χ0n) is 9.18. The molecule has 0 aromatic carbocycles. The summed E-state index contributed by atoms with van der Waals surface area (Å²) >= 11 is 0. The van der Waals surface area contributed by atoms with Crippen LogP contribution in [0.3, 0.4) is 0 Å². The number of aromatic nitrogens is 1. The largest absolute Gasteiger partial charge is 0.377 e. The number of hydrogen-bond acceptors (Lipinski definition) is 4. The minimum Gasteiger partial charge on any atom is -0.377 e. The summed E-state index contributed by atoms with van der Waals surface area (Å²) in [5, 5.41) is 0. The number of sulfonamides is 1. The van der Waals surface area contributed by atoms with E-state index in [0.29, 0.717) is 6.61 Å². The molecule has 2 N–H and O–H groups in total. The first-order valence-electron chi connectivity index (χ1n) is 5.38. The topological polar surface area (TPSA) is 88.3 Å². The van der Waals surface area contributed by atoms with Gasteiger partial charge >= 0.3 is 0 Å². The van der Waals surface area contributed by atoms with Crippen LogP contribution in [0.25, 0.3) is 0 Å². The molecule has 0 spiro atoms. The SMILES string of the molecule is O=c1ccc(S(=O)(=O)NCC2CCCO2)c[nH]1. The van der Waals surface area contributed by atoms with E-state index in [1.54, 1.807) is 0 Å². The van der Waals surface area contributed by atoms with E-state index in [1.165, 1.54) is 18.3 Å². The lowest BCUT2D eigenvalue weighted by atomic mass is 10.2. The first-order chi connectivity index (χ1) is 8.08. The van der Waals surface area contributed by atoms with Gasteiger partial charge in [0.1, 0.15) is 0 Å². The Bertz CT molecular complexity index is 511. The van der Waals surface area contributed by atoms with Crippen LogP contribution in [0.2, 0.25) is 0 Å². The van der Waals surface area contributed by atoms with Gasteiger partial charge in [0.2, 0.25) is 15.6 Å². The molecule has 1 aliphatic heterocycles. The highest BCUT2D eigenvalue weighted by Gasteiger charge is 2.20. The number of aromatic amines is 1. The van der Waals surface area contributed by atoms with Gasteiger partial charge in [-0.05, 0) is 18.9 Å². The summed E-state index contributed by atoms with van der Waals surface area (Å²) in [7, 11) is -3.56. The van der Waals surface area contributed by atoms with Gasteiger partial charge in [0.25, 0.3) is 0 Å². The first kappa shape index (κ1) is 12.3. The summed E-state index contributed by atoms with van der Waals surface area (Å²) in [5.41, 5.74) is -0.330. The summed E-state index contributed by atoms with van der Waals surface area (Å²) in [5.74, 6) is 0. The molecule has 0 saturated carbocycles. The van der Waals surface area contributed by atoms with Gasteiger partial charge in [-0.25, -0.2) is 13.1 Å². The molecule has 1 unspecified atom stereocenters. The first-order valence-corrected chi connectivity index (χ1v) is 6.86. The van der Waals surface area contributed by atoms with E-state index in [9.17, 15) is 13.2 Å².